The molecule has 0 aliphatic heterocycles. The molecule has 0 radical (unpaired) electrons. The molecular weight excluding hydrogens is 248 g/mol. The van der Waals surface area contributed by atoms with Crippen LogP contribution in [0.3, 0.4) is 0 Å². The average molecular weight is 266 g/mol. The van der Waals surface area contributed by atoms with Gasteiger partial charge >= 0.3 is 0 Å². The van der Waals surface area contributed by atoms with Crippen molar-refractivity contribution < 1.29 is 8.42 Å². The second kappa shape index (κ2) is 5.98. The largest absolute Gasteiger partial charge is 0.243 e. The van der Waals surface area contributed by atoms with Crippen LogP contribution < -0.4 is 0 Å². The van der Waals surface area contributed by atoms with Crippen molar-refractivity contribution in [2.45, 2.75) is 38.1 Å². The number of hydrogen-bond donors (Lipinski definition) is 0. The number of hydrogen-bond acceptors (Lipinski definition) is 3. The molecule has 0 spiro atoms. The fourth-order valence-electron chi connectivity index (χ4n) is 1.74. The minimum absolute atomic E-state index is 0.0966. The number of sulfonamides is 1. The van der Waals surface area contributed by atoms with Gasteiger partial charge in [-0.3, -0.25) is 0 Å². The Morgan fingerprint density at radius 1 is 1.39 bits per heavy atom. The van der Waals surface area contributed by atoms with Crippen molar-refractivity contribution in [3.63, 3.8) is 0 Å². The normalized spacial score (nSPS) is 11.8. The Balaban J connectivity index is 3.22. The number of rotatable bonds is 5. The molecule has 18 heavy (non-hydrogen) atoms. The lowest BCUT2D eigenvalue weighted by molar-refractivity contribution is 0.354. The van der Waals surface area contributed by atoms with Crippen molar-refractivity contribution in [3.05, 3.63) is 29.8 Å². The molecule has 1 rings (SSSR count). The van der Waals surface area contributed by atoms with Gasteiger partial charge in [0.1, 0.15) is 0 Å². The van der Waals surface area contributed by atoms with Crippen molar-refractivity contribution in [3.8, 4) is 6.07 Å². The summed E-state index contributed by atoms with van der Waals surface area (Å²) in [5.41, 5.74) is 0.358. The van der Waals surface area contributed by atoms with Crippen LogP contribution in [0.1, 0.15) is 32.8 Å². The van der Waals surface area contributed by atoms with Crippen LogP contribution in [0.25, 0.3) is 0 Å². The lowest BCUT2D eigenvalue weighted by Crippen LogP contribution is -2.37. The molecule has 0 aromatic heterocycles. The average Bonchev–Trinajstić information content (AvgIpc) is 2.35. The molecule has 0 unspecified atom stereocenters. The van der Waals surface area contributed by atoms with Gasteiger partial charge in [0.25, 0.3) is 0 Å². The molecule has 4 nitrogen and oxygen atoms in total. The number of benzene rings is 1. The highest BCUT2D eigenvalue weighted by atomic mass is 32.2. The van der Waals surface area contributed by atoms with E-state index in [0.29, 0.717) is 12.1 Å². The van der Waals surface area contributed by atoms with Gasteiger partial charge in [-0.15, -0.1) is 0 Å². The molecule has 1 aromatic carbocycles. The Labute approximate surface area is 109 Å². The zero-order valence-electron chi connectivity index (χ0n) is 10.9. The molecule has 0 amide bonds. The summed E-state index contributed by atoms with van der Waals surface area (Å²) >= 11 is 0. The molecule has 0 bridgehead atoms. The van der Waals surface area contributed by atoms with E-state index in [0.717, 1.165) is 6.42 Å². The van der Waals surface area contributed by atoms with Crippen molar-refractivity contribution in [1.29, 1.82) is 5.26 Å². The first-order valence-corrected chi connectivity index (χ1v) is 7.39. The zero-order chi connectivity index (χ0) is 13.8. The summed E-state index contributed by atoms with van der Waals surface area (Å²) in [4.78, 5) is 0.184. The zero-order valence-corrected chi connectivity index (χ0v) is 11.7. The molecule has 0 heterocycles. The smallest absolute Gasteiger partial charge is 0.207 e. The summed E-state index contributed by atoms with van der Waals surface area (Å²) in [7, 11) is -3.51. The topological polar surface area (TPSA) is 61.2 Å². The van der Waals surface area contributed by atoms with E-state index in [-0.39, 0.29) is 10.9 Å². The molecule has 0 saturated heterocycles. The van der Waals surface area contributed by atoms with Crippen molar-refractivity contribution in [2.24, 2.45) is 0 Å². The molecule has 0 N–H and O–H groups in total. The Morgan fingerprint density at radius 3 is 2.56 bits per heavy atom. The van der Waals surface area contributed by atoms with Crippen molar-refractivity contribution in [2.75, 3.05) is 6.54 Å². The molecular formula is C13H18N2O2S. The van der Waals surface area contributed by atoms with Gasteiger partial charge in [-0.25, -0.2) is 8.42 Å². The molecule has 98 valence electrons. The predicted octanol–water partition coefficient (Wildman–Crippen LogP) is 2.37. The quantitative estimate of drug-likeness (QED) is 0.822. The maximum atomic E-state index is 12.4. The van der Waals surface area contributed by atoms with Crippen LogP contribution in [0.15, 0.2) is 29.2 Å². The maximum Gasteiger partial charge on any atom is 0.243 e. The fourth-order valence-corrected chi connectivity index (χ4v) is 3.51. The molecule has 0 atom stereocenters. The van der Waals surface area contributed by atoms with Crippen molar-refractivity contribution >= 4 is 10.0 Å². The lowest BCUT2D eigenvalue weighted by atomic mass is 10.2. The Hall–Kier alpha value is -1.38. The van der Waals surface area contributed by atoms with Crippen LogP contribution in [0.5, 0.6) is 0 Å². The number of nitriles is 1. The number of nitrogens with zero attached hydrogens (tertiary/aromatic N) is 2. The van der Waals surface area contributed by atoms with E-state index in [4.69, 9.17) is 5.26 Å². The monoisotopic (exact) mass is 266 g/mol. The summed E-state index contributed by atoms with van der Waals surface area (Å²) in [5.74, 6) is 0. The SMILES string of the molecule is CCCN(C(C)C)S(=O)(=O)c1cccc(C#N)c1. The molecule has 0 fully saturated rings. The summed E-state index contributed by atoms with van der Waals surface area (Å²) in [5, 5.41) is 8.82. The summed E-state index contributed by atoms with van der Waals surface area (Å²) in [6, 6.07) is 8.00. The van der Waals surface area contributed by atoms with E-state index >= 15 is 0 Å². The lowest BCUT2D eigenvalue weighted by Gasteiger charge is -2.25. The van der Waals surface area contributed by atoms with Crippen LogP contribution in [0.2, 0.25) is 0 Å². The van der Waals surface area contributed by atoms with E-state index in [1.165, 1.54) is 16.4 Å². The van der Waals surface area contributed by atoms with E-state index in [2.05, 4.69) is 0 Å². The van der Waals surface area contributed by atoms with Crippen LogP contribution in [0.4, 0.5) is 0 Å². The molecule has 5 heteroatoms. The molecule has 1 aromatic rings. The third-order valence-electron chi connectivity index (χ3n) is 2.59. The first-order chi connectivity index (χ1) is 8.43. The second-order valence-electron chi connectivity index (χ2n) is 4.35. The van der Waals surface area contributed by atoms with Gasteiger partial charge in [-0.05, 0) is 38.5 Å². The van der Waals surface area contributed by atoms with Crippen LogP contribution in [-0.4, -0.2) is 25.3 Å². The third kappa shape index (κ3) is 3.09. The predicted molar refractivity (Wildman–Crippen MR) is 70.5 cm³/mol. The van der Waals surface area contributed by atoms with Gasteiger partial charge in [0.05, 0.1) is 16.5 Å². The highest BCUT2D eigenvalue weighted by Crippen LogP contribution is 2.19. The van der Waals surface area contributed by atoms with Crippen LogP contribution in [-0.2, 0) is 10.0 Å². The summed E-state index contributed by atoms with van der Waals surface area (Å²) in [6.45, 7) is 6.12. The summed E-state index contributed by atoms with van der Waals surface area (Å²) < 4.78 is 26.4. The Morgan fingerprint density at radius 2 is 2.06 bits per heavy atom. The second-order valence-corrected chi connectivity index (χ2v) is 6.24. The Kier molecular flexibility index (Phi) is 4.88. The Bertz CT molecular complexity index is 544. The summed E-state index contributed by atoms with van der Waals surface area (Å²) in [6.07, 6.45) is 0.759. The van der Waals surface area contributed by atoms with E-state index in [1.807, 2.05) is 26.8 Å². The molecule has 0 aliphatic carbocycles. The maximum absolute atomic E-state index is 12.4. The molecule has 0 aliphatic rings. The van der Waals surface area contributed by atoms with E-state index in [1.54, 1.807) is 12.1 Å². The van der Waals surface area contributed by atoms with Gasteiger partial charge in [-0.2, -0.15) is 9.57 Å². The molecule has 0 saturated carbocycles. The van der Waals surface area contributed by atoms with Gasteiger partial charge < -0.3 is 0 Å². The van der Waals surface area contributed by atoms with E-state index in [9.17, 15) is 8.42 Å². The highest BCUT2D eigenvalue weighted by Gasteiger charge is 2.26. The van der Waals surface area contributed by atoms with Crippen LogP contribution >= 0.6 is 0 Å². The van der Waals surface area contributed by atoms with Crippen LogP contribution in [0, 0.1) is 11.3 Å². The van der Waals surface area contributed by atoms with Gasteiger partial charge in [0, 0.05) is 12.6 Å². The first kappa shape index (κ1) is 14.7. The van der Waals surface area contributed by atoms with Crippen molar-refractivity contribution in [1.82, 2.24) is 4.31 Å². The highest BCUT2D eigenvalue weighted by molar-refractivity contribution is 7.89. The third-order valence-corrected chi connectivity index (χ3v) is 4.66. The minimum atomic E-state index is -3.51. The standard InChI is InChI=1S/C13H18N2O2S/c1-4-8-15(11(2)3)18(16,17)13-7-5-6-12(9-13)10-14/h5-7,9,11H,4,8H2,1-3H3. The van der Waals surface area contributed by atoms with Gasteiger partial charge in [0.2, 0.25) is 10.0 Å². The fraction of sp³-hybridized carbons (Fsp3) is 0.462. The van der Waals surface area contributed by atoms with Gasteiger partial charge in [-0.1, -0.05) is 13.0 Å². The van der Waals surface area contributed by atoms with Gasteiger partial charge in [0.15, 0.2) is 0 Å². The first-order valence-electron chi connectivity index (χ1n) is 5.95. The minimum Gasteiger partial charge on any atom is -0.207 e. The van der Waals surface area contributed by atoms with E-state index < -0.39 is 10.0 Å².